The minimum Gasteiger partial charge on any atom is -0.369 e. The van der Waals surface area contributed by atoms with Crippen molar-refractivity contribution in [2.75, 3.05) is 31.1 Å². The van der Waals surface area contributed by atoms with Crippen molar-refractivity contribution in [1.29, 1.82) is 0 Å². The molecule has 1 atom stereocenters. The zero-order valence-electron chi connectivity index (χ0n) is 16.9. The average molecular weight is 372 g/mol. The van der Waals surface area contributed by atoms with Crippen LogP contribution < -0.4 is 10.2 Å². The molecule has 0 unspecified atom stereocenters. The van der Waals surface area contributed by atoms with E-state index in [1.54, 1.807) is 6.92 Å². The second kappa shape index (κ2) is 8.87. The number of carbonyl (C=O) groups is 2. The van der Waals surface area contributed by atoms with Crippen molar-refractivity contribution in [3.63, 3.8) is 0 Å². The Kier molecular flexibility index (Phi) is 6.53. The molecule has 2 aliphatic rings. The summed E-state index contributed by atoms with van der Waals surface area (Å²) < 4.78 is 0. The molecule has 1 N–H and O–H groups in total. The number of piperazine rings is 1. The van der Waals surface area contributed by atoms with Gasteiger partial charge >= 0.3 is 0 Å². The van der Waals surface area contributed by atoms with Crippen molar-refractivity contribution in [2.24, 2.45) is 5.92 Å². The molecule has 148 valence electrons. The number of Topliss-reactive ketones (excluding diaryl/α,β-unsaturated/α-hetero) is 1. The Hall–Kier alpha value is -1.88. The zero-order valence-corrected chi connectivity index (χ0v) is 16.9. The van der Waals surface area contributed by atoms with Crippen molar-refractivity contribution in [3.8, 4) is 0 Å². The highest BCUT2D eigenvalue weighted by Crippen LogP contribution is 2.24. The lowest BCUT2D eigenvalue weighted by atomic mass is 9.87. The van der Waals surface area contributed by atoms with Gasteiger partial charge in [-0.15, -0.1) is 0 Å². The van der Waals surface area contributed by atoms with Crippen LogP contribution in [-0.4, -0.2) is 54.9 Å². The van der Waals surface area contributed by atoms with Gasteiger partial charge in [-0.3, -0.25) is 14.5 Å². The van der Waals surface area contributed by atoms with Crippen molar-refractivity contribution >= 4 is 17.4 Å². The summed E-state index contributed by atoms with van der Waals surface area (Å²) in [5, 5.41) is 3.27. The van der Waals surface area contributed by atoms with Gasteiger partial charge in [0.15, 0.2) is 5.78 Å². The van der Waals surface area contributed by atoms with Crippen molar-refractivity contribution in [3.05, 3.63) is 29.8 Å². The Morgan fingerprint density at radius 1 is 1.00 bits per heavy atom. The summed E-state index contributed by atoms with van der Waals surface area (Å²) in [4.78, 5) is 28.7. The van der Waals surface area contributed by atoms with E-state index >= 15 is 0 Å². The molecule has 5 nitrogen and oxygen atoms in total. The molecule has 0 spiro atoms. The molecule has 3 rings (SSSR count). The molecule has 1 aliphatic carbocycles. The highest BCUT2D eigenvalue weighted by molar-refractivity contribution is 5.94. The predicted octanol–water partition coefficient (Wildman–Crippen LogP) is 3.09. The van der Waals surface area contributed by atoms with E-state index in [2.05, 4.69) is 22.0 Å². The molecule has 1 saturated carbocycles. The van der Waals surface area contributed by atoms with Crippen molar-refractivity contribution < 1.29 is 9.59 Å². The summed E-state index contributed by atoms with van der Waals surface area (Å²) in [5.41, 5.74) is 1.90. The Bertz CT molecular complexity index is 642. The summed E-state index contributed by atoms with van der Waals surface area (Å²) in [6.45, 7) is 9.48. The molecule has 1 heterocycles. The lowest BCUT2D eigenvalue weighted by Gasteiger charge is -2.39. The van der Waals surface area contributed by atoms with Crippen molar-refractivity contribution in [2.45, 2.75) is 58.5 Å². The van der Waals surface area contributed by atoms with E-state index in [0.29, 0.717) is 6.04 Å². The molecule has 2 fully saturated rings. The second-order valence-corrected chi connectivity index (χ2v) is 8.27. The van der Waals surface area contributed by atoms with Gasteiger partial charge in [-0.1, -0.05) is 6.92 Å². The number of nitrogens with one attached hydrogen (secondary N) is 1. The monoisotopic (exact) mass is 371 g/mol. The van der Waals surface area contributed by atoms with E-state index in [0.717, 1.165) is 56.2 Å². The molecule has 1 aromatic carbocycles. The van der Waals surface area contributed by atoms with Crippen LogP contribution >= 0.6 is 0 Å². The number of amides is 1. The first kappa shape index (κ1) is 19.9. The number of ketones is 1. The number of hydrogen-bond acceptors (Lipinski definition) is 4. The molecule has 1 saturated heterocycles. The fourth-order valence-corrected chi connectivity index (χ4v) is 4.17. The van der Waals surface area contributed by atoms with Crippen LogP contribution in [0.2, 0.25) is 0 Å². The number of anilines is 1. The molecule has 1 aromatic rings. The third-order valence-corrected chi connectivity index (χ3v) is 6.24. The highest BCUT2D eigenvalue weighted by Gasteiger charge is 2.28. The molecule has 5 heteroatoms. The summed E-state index contributed by atoms with van der Waals surface area (Å²) in [6, 6.07) is 8.11. The van der Waals surface area contributed by atoms with Gasteiger partial charge in [0.05, 0.1) is 6.04 Å². The fraction of sp³-hybridized carbons (Fsp3) is 0.636. The first-order chi connectivity index (χ1) is 12.9. The Labute approximate surface area is 163 Å². The van der Waals surface area contributed by atoms with E-state index in [1.165, 1.54) is 12.8 Å². The summed E-state index contributed by atoms with van der Waals surface area (Å²) >= 11 is 0. The quantitative estimate of drug-likeness (QED) is 0.808. The van der Waals surface area contributed by atoms with Gasteiger partial charge in [0.25, 0.3) is 0 Å². The smallest absolute Gasteiger partial charge is 0.237 e. The summed E-state index contributed by atoms with van der Waals surface area (Å²) in [6.07, 6.45) is 4.67. The van der Waals surface area contributed by atoms with Gasteiger partial charge in [0.1, 0.15) is 0 Å². The van der Waals surface area contributed by atoms with Gasteiger partial charge in [-0.2, -0.15) is 0 Å². The molecule has 0 aromatic heterocycles. The third kappa shape index (κ3) is 5.10. The van der Waals surface area contributed by atoms with Crippen LogP contribution in [0.15, 0.2) is 24.3 Å². The number of hydrogen-bond donors (Lipinski definition) is 1. The van der Waals surface area contributed by atoms with E-state index in [-0.39, 0.29) is 17.7 Å². The lowest BCUT2D eigenvalue weighted by Crippen LogP contribution is -2.55. The molecule has 0 radical (unpaired) electrons. The van der Waals surface area contributed by atoms with Crippen LogP contribution in [0.3, 0.4) is 0 Å². The van der Waals surface area contributed by atoms with E-state index in [9.17, 15) is 9.59 Å². The first-order valence-electron chi connectivity index (χ1n) is 10.3. The maximum atomic E-state index is 12.6. The van der Waals surface area contributed by atoms with Crippen LogP contribution in [0.5, 0.6) is 0 Å². The van der Waals surface area contributed by atoms with Crippen LogP contribution in [0.25, 0.3) is 0 Å². The van der Waals surface area contributed by atoms with Crippen molar-refractivity contribution in [1.82, 2.24) is 10.2 Å². The summed E-state index contributed by atoms with van der Waals surface area (Å²) in [7, 11) is 0. The predicted molar refractivity (Wildman–Crippen MR) is 109 cm³/mol. The fourth-order valence-electron chi connectivity index (χ4n) is 4.17. The lowest BCUT2D eigenvalue weighted by molar-refractivity contribution is -0.127. The largest absolute Gasteiger partial charge is 0.369 e. The average Bonchev–Trinajstić information content (AvgIpc) is 2.69. The van der Waals surface area contributed by atoms with Crippen LogP contribution in [0, 0.1) is 5.92 Å². The maximum Gasteiger partial charge on any atom is 0.237 e. The zero-order chi connectivity index (χ0) is 19.4. The SMILES string of the molecule is CC(=O)c1ccc(N2CCN([C@H](C)C(=O)NC3CCC(C)CC3)CC2)cc1. The topological polar surface area (TPSA) is 52.7 Å². The minimum atomic E-state index is -0.0772. The van der Waals surface area contributed by atoms with Gasteiger partial charge in [-0.05, 0) is 69.7 Å². The number of carbonyl (C=O) groups excluding carboxylic acids is 2. The molecular weight excluding hydrogens is 338 g/mol. The first-order valence-corrected chi connectivity index (χ1v) is 10.3. The second-order valence-electron chi connectivity index (χ2n) is 8.27. The minimum absolute atomic E-state index is 0.0772. The van der Waals surface area contributed by atoms with E-state index in [4.69, 9.17) is 0 Å². The van der Waals surface area contributed by atoms with Gasteiger partial charge in [0, 0.05) is 43.5 Å². The Balaban J connectivity index is 1.47. The van der Waals surface area contributed by atoms with Gasteiger partial charge in [-0.25, -0.2) is 0 Å². The van der Waals surface area contributed by atoms with Crippen LogP contribution in [0.1, 0.15) is 56.8 Å². The van der Waals surface area contributed by atoms with Gasteiger partial charge < -0.3 is 10.2 Å². The Morgan fingerprint density at radius 2 is 1.59 bits per heavy atom. The standard InChI is InChI=1S/C22H33N3O2/c1-16-4-8-20(9-5-16)23-22(27)17(2)24-12-14-25(15-13-24)21-10-6-19(7-11-21)18(3)26/h6-7,10-11,16-17,20H,4-5,8-9,12-15H2,1-3H3,(H,23,27)/t16?,17-,20?/m1/s1. The summed E-state index contributed by atoms with van der Waals surface area (Å²) in [5.74, 6) is 1.07. The maximum absolute atomic E-state index is 12.6. The Morgan fingerprint density at radius 3 is 2.15 bits per heavy atom. The van der Waals surface area contributed by atoms with E-state index in [1.807, 2.05) is 31.2 Å². The third-order valence-electron chi connectivity index (χ3n) is 6.24. The molecule has 1 amide bonds. The number of nitrogens with zero attached hydrogens (tertiary/aromatic N) is 2. The van der Waals surface area contributed by atoms with Crippen LogP contribution in [0.4, 0.5) is 5.69 Å². The molecule has 27 heavy (non-hydrogen) atoms. The van der Waals surface area contributed by atoms with Crippen LogP contribution in [-0.2, 0) is 4.79 Å². The highest BCUT2D eigenvalue weighted by atomic mass is 16.2. The molecular formula is C22H33N3O2. The van der Waals surface area contributed by atoms with E-state index < -0.39 is 0 Å². The normalized spacial score (nSPS) is 25.1. The molecule has 0 bridgehead atoms. The number of rotatable bonds is 5. The molecule has 1 aliphatic heterocycles. The number of benzene rings is 1. The van der Waals surface area contributed by atoms with Gasteiger partial charge in [0.2, 0.25) is 5.91 Å².